The van der Waals surface area contributed by atoms with Crippen LogP contribution in [-0.4, -0.2) is 96.3 Å². The molecule has 2 rings (SSSR count). The van der Waals surface area contributed by atoms with Crippen molar-refractivity contribution in [2.45, 2.75) is 94.9 Å². The van der Waals surface area contributed by atoms with Gasteiger partial charge >= 0.3 is 0 Å². The normalized spacial score (nSPS) is 16.9. The number of nitrogens with one attached hydrogen (secondary N) is 2. The van der Waals surface area contributed by atoms with Gasteiger partial charge in [-0.15, -0.1) is 24.7 Å². The van der Waals surface area contributed by atoms with Gasteiger partial charge in [0.15, 0.2) is 0 Å². The van der Waals surface area contributed by atoms with E-state index < -0.39 is 42.0 Å². The van der Waals surface area contributed by atoms with E-state index in [0.717, 1.165) is 37.7 Å². The number of hydrogen-bond acceptors (Lipinski definition) is 6. The Hall–Kier alpha value is -3.37. The maximum Gasteiger partial charge on any atom is 0.242 e. The number of amides is 3. The number of likely N-dealkylation sites (N-methyl/N-ethyl adjacent to an activating group) is 2. The molecule has 3 amide bonds. The number of hydrogen-bond donors (Lipinski definition) is 4. The molecule has 0 spiro atoms. The van der Waals surface area contributed by atoms with Crippen LogP contribution in [0.5, 0.6) is 0 Å². The molecule has 44 heavy (non-hydrogen) atoms. The molecule has 0 bridgehead atoms. The van der Waals surface area contributed by atoms with Gasteiger partial charge < -0.3 is 30.6 Å². The SMILES string of the molecule is C#CCCC(NC(=O)C(CC(=O)N(C)CCN(C)C)Cc1ccccc1)C(=O)NC(CC1CCCCC1)C(O)C(O)CC#C. The Kier molecular flexibility index (Phi) is 16.6. The summed E-state index contributed by atoms with van der Waals surface area (Å²) in [6.45, 7) is 1.21. The first kappa shape index (κ1) is 36.8. The van der Waals surface area contributed by atoms with E-state index in [1.165, 1.54) is 0 Å². The maximum atomic E-state index is 13.7. The summed E-state index contributed by atoms with van der Waals surface area (Å²) in [6.07, 6.45) is 14.9. The van der Waals surface area contributed by atoms with Crippen LogP contribution >= 0.6 is 0 Å². The van der Waals surface area contributed by atoms with E-state index in [1.807, 2.05) is 49.3 Å². The van der Waals surface area contributed by atoms with Crippen molar-refractivity contribution in [3.63, 3.8) is 0 Å². The lowest BCUT2D eigenvalue weighted by Gasteiger charge is -2.33. The Morgan fingerprint density at radius 2 is 1.64 bits per heavy atom. The van der Waals surface area contributed by atoms with Crippen molar-refractivity contribution in [3.8, 4) is 24.7 Å². The summed E-state index contributed by atoms with van der Waals surface area (Å²) >= 11 is 0. The third kappa shape index (κ3) is 13.1. The van der Waals surface area contributed by atoms with Gasteiger partial charge in [0.05, 0.1) is 18.1 Å². The summed E-state index contributed by atoms with van der Waals surface area (Å²) in [5.74, 6) is 3.42. The van der Waals surface area contributed by atoms with Gasteiger partial charge in [-0.2, -0.15) is 0 Å². The number of nitrogens with zero attached hydrogens (tertiary/aromatic N) is 2. The number of rotatable bonds is 18. The summed E-state index contributed by atoms with van der Waals surface area (Å²) in [6, 6.07) is 7.73. The smallest absolute Gasteiger partial charge is 0.242 e. The van der Waals surface area contributed by atoms with E-state index in [9.17, 15) is 24.6 Å². The van der Waals surface area contributed by atoms with Crippen LogP contribution in [-0.2, 0) is 20.8 Å². The molecule has 242 valence electrons. The first-order valence-electron chi connectivity index (χ1n) is 15.8. The van der Waals surface area contributed by atoms with Crippen LogP contribution in [0.4, 0.5) is 0 Å². The van der Waals surface area contributed by atoms with Crippen LogP contribution < -0.4 is 10.6 Å². The molecule has 1 aromatic rings. The minimum atomic E-state index is -1.26. The summed E-state index contributed by atoms with van der Waals surface area (Å²) in [5.41, 5.74) is 0.902. The predicted molar refractivity (Wildman–Crippen MR) is 173 cm³/mol. The second-order valence-corrected chi connectivity index (χ2v) is 12.3. The first-order chi connectivity index (χ1) is 21.0. The molecule has 5 unspecified atom stereocenters. The molecule has 0 saturated heterocycles. The zero-order chi connectivity index (χ0) is 32.5. The summed E-state index contributed by atoms with van der Waals surface area (Å²) in [4.78, 5) is 44.2. The van der Waals surface area contributed by atoms with Crippen LogP contribution in [0.15, 0.2) is 30.3 Å². The third-order valence-corrected chi connectivity index (χ3v) is 8.41. The van der Waals surface area contributed by atoms with Crippen LogP contribution in [0.1, 0.15) is 69.8 Å². The number of benzene rings is 1. The molecule has 1 aliphatic rings. The molecule has 1 aromatic carbocycles. The van der Waals surface area contributed by atoms with E-state index in [-0.39, 0.29) is 31.6 Å². The lowest BCUT2D eigenvalue weighted by atomic mass is 9.82. The quantitative estimate of drug-likeness (QED) is 0.190. The van der Waals surface area contributed by atoms with Crippen molar-refractivity contribution < 1.29 is 24.6 Å². The van der Waals surface area contributed by atoms with Gasteiger partial charge in [-0.3, -0.25) is 14.4 Å². The highest BCUT2D eigenvalue weighted by Crippen LogP contribution is 2.28. The third-order valence-electron chi connectivity index (χ3n) is 8.41. The first-order valence-corrected chi connectivity index (χ1v) is 15.8. The van der Waals surface area contributed by atoms with Crippen molar-refractivity contribution >= 4 is 17.7 Å². The standard InChI is InChI=1S/C35H52N4O5/c1-6-8-20-29(35(44)37-30(33(42)31(40)15-7-2)24-27-18-13-10-14-19-27)36-34(43)28(23-26-16-11-9-12-17-26)25-32(41)39(5)22-21-38(3)4/h1-2,9,11-12,16-17,27-31,33,40,42H,8,10,13-15,18-25H2,3-5H3,(H,36,43)(H,37,44). The van der Waals surface area contributed by atoms with Crippen LogP contribution in [0.25, 0.3) is 0 Å². The average Bonchev–Trinajstić information content (AvgIpc) is 3.01. The molecule has 5 atom stereocenters. The topological polar surface area (TPSA) is 122 Å². The highest BCUT2D eigenvalue weighted by atomic mass is 16.3. The molecule has 0 aromatic heterocycles. The van der Waals surface area contributed by atoms with Gasteiger partial charge in [-0.05, 0) is 44.8 Å². The van der Waals surface area contributed by atoms with E-state index in [4.69, 9.17) is 12.8 Å². The van der Waals surface area contributed by atoms with Crippen molar-refractivity contribution in [3.05, 3.63) is 35.9 Å². The fraction of sp³-hybridized carbons (Fsp3) is 0.629. The molecule has 0 heterocycles. The van der Waals surface area contributed by atoms with E-state index in [2.05, 4.69) is 22.5 Å². The highest BCUT2D eigenvalue weighted by Gasteiger charge is 2.34. The molecule has 1 saturated carbocycles. The molecule has 1 aliphatic carbocycles. The Labute approximate surface area is 264 Å². The Morgan fingerprint density at radius 1 is 0.955 bits per heavy atom. The van der Waals surface area contributed by atoms with Crippen molar-refractivity contribution in [1.82, 2.24) is 20.4 Å². The summed E-state index contributed by atoms with van der Waals surface area (Å²) in [5, 5.41) is 27.3. The Bertz CT molecular complexity index is 1110. The summed E-state index contributed by atoms with van der Waals surface area (Å²) < 4.78 is 0. The van der Waals surface area contributed by atoms with Crippen molar-refractivity contribution in [2.24, 2.45) is 11.8 Å². The van der Waals surface area contributed by atoms with Gasteiger partial charge in [0, 0.05) is 39.4 Å². The molecule has 0 aliphatic heterocycles. The molecule has 4 N–H and O–H groups in total. The van der Waals surface area contributed by atoms with Crippen LogP contribution in [0, 0.1) is 36.5 Å². The number of aliphatic hydroxyl groups is 2. The minimum absolute atomic E-state index is 0.0184. The van der Waals surface area contributed by atoms with E-state index in [0.29, 0.717) is 31.8 Å². The van der Waals surface area contributed by atoms with E-state index >= 15 is 0 Å². The average molecular weight is 609 g/mol. The number of aliphatic hydroxyl groups excluding tert-OH is 2. The zero-order valence-corrected chi connectivity index (χ0v) is 26.7. The van der Waals surface area contributed by atoms with Gasteiger partial charge in [0.1, 0.15) is 12.1 Å². The van der Waals surface area contributed by atoms with Gasteiger partial charge in [-0.25, -0.2) is 0 Å². The van der Waals surface area contributed by atoms with Crippen LogP contribution in [0.2, 0.25) is 0 Å². The second-order valence-electron chi connectivity index (χ2n) is 12.3. The van der Waals surface area contributed by atoms with Crippen LogP contribution in [0.3, 0.4) is 0 Å². The lowest BCUT2D eigenvalue weighted by molar-refractivity contribution is -0.137. The molecular formula is C35H52N4O5. The monoisotopic (exact) mass is 608 g/mol. The van der Waals surface area contributed by atoms with Crippen molar-refractivity contribution in [1.29, 1.82) is 0 Å². The maximum absolute atomic E-state index is 13.7. The lowest BCUT2D eigenvalue weighted by Crippen LogP contribution is -2.56. The highest BCUT2D eigenvalue weighted by molar-refractivity contribution is 5.91. The van der Waals surface area contributed by atoms with Crippen molar-refractivity contribution in [2.75, 3.05) is 34.2 Å². The fourth-order valence-corrected chi connectivity index (χ4v) is 5.64. The fourth-order valence-electron chi connectivity index (χ4n) is 5.64. The molecule has 1 fully saturated rings. The Balaban J connectivity index is 2.24. The largest absolute Gasteiger partial charge is 0.389 e. The second kappa shape index (κ2) is 19.8. The van der Waals surface area contributed by atoms with Gasteiger partial charge in [-0.1, -0.05) is 62.4 Å². The molecule has 9 nitrogen and oxygen atoms in total. The predicted octanol–water partition coefficient (Wildman–Crippen LogP) is 2.35. The number of terminal acetylenes is 2. The zero-order valence-electron chi connectivity index (χ0n) is 26.7. The van der Waals surface area contributed by atoms with Gasteiger partial charge in [0.2, 0.25) is 17.7 Å². The van der Waals surface area contributed by atoms with Gasteiger partial charge in [0.25, 0.3) is 0 Å². The number of carbonyl (C=O) groups excluding carboxylic acids is 3. The molecular weight excluding hydrogens is 556 g/mol. The Morgan fingerprint density at radius 3 is 2.25 bits per heavy atom. The number of carbonyl (C=O) groups is 3. The molecule has 0 radical (unpaired) electrons. The van der Waals surface area contributed by atoms with E-state index in [1.54, 1.807) is 11.9 Å². The molecule has 9 heteroatoms. The summed E-state index contributed by atoms with van der Waals surface area (Å²) in [7, 11) is 5.58. The minimum Gasteiger partial charge on any atom is -0.389 e.